The molecule has 0 spiro atoms. The Morgan fingerprint density at radius 1 is 1.08 bits per heavy atom. The van der Waals surface area contributed by atoms with Crippen molar-refractivity contribution in [3.05, 3.63) is 35.9 Å². The van der Waals surface area contributed by atoms with E-state index in [1.54, 1.807) is 4.90 Å². The number of rotatable bonds is 14. The van der Waals surface area contributed by atoms with Crippen molar-refractivity contribution in [2.75, 3.05) is 19.8 Å². The van der Waals surface area contributed by atoms with E-state index in [0.717, 1.165) is 24.8 Å². The van der Waals surface area contributed by atoms with Gasteiger partial charge in [0.05, 0.1) is 17.9 Å². The van der Waals surface area contributed by atoms with Crippen LogP contribution in [0.4, 0.5) is 4.39 Å². The van der Waals surface area contributed by atoms with Crippen LogP contribution in [0, 0.1) is 11.3 Å². The van der Waals surface area contributed by atoms with E-state index >= 15 is 0 Å². The maximum Gasteiger partial charge on any atom is 0.307 e. The second-order valence-corrected chi connectivity index (χ2v) is 10.7. The van der Waals surface area contributed by atoms with Crippen molar-refractivity contribution >= 4 is 29.4 Å². The van der Waals surface area contributed by atoms with Crippen molar-refractivity contribution in [1.29, 1.82) is 0 Å². The quantitative estimate of drug-likeness (QED) is 0.158. The van der Waals surface area contributed by atoms with E-state index in [0.29, 0.717) is 38.6 Å². The second-order valence-electron chi connectivity index (χ2n) is 10.7. The minimum atomic E-state index is -1.15. The highest BCUT2D eigenvalue weighted by atomic mass is 19.1. The van der Waals surface area contributed by atoms with E-state index in [1.807, 2.05) is 30.3 Å². The van der Waals surface area contributed by atoms with Crippen LogP contribution in [0.1, 0.15) is 76.2 Å². The fraction of sp³-hybridized carbons (Fsp3) is 0.621. The molecule has 1 aliphatic carbocycles. The third-order valence-corrected chi connectivity index (χ3v) is 7.91. The van der Waals surface area contributed by atoms with Crippen LogP contribution in [0.3, 0.4) is 0 Å². The van der Waals surface area contributed by atoms with Gasteiger partial charge in [-0.05, 0) is 44.1 Å². The minimum absolute atomic E-state index is 0.0240. The van der Waals surface area contributed by atoms with Crippen LogP contribution in [0.15, 0.2) is 35.3 Å². The Labute approximate surface area is 229 Å². The first-order valence-electron chi connectivity index (χ1n) is 13.9. The minimum Gasteiger partial charge on any atom is -0.461 e. The maximum atomic E-state index is 14.0. The molecule has 214 valence electrons. The van der Waals surface area contributed by atoms with E-state index in [-0.39, 0.29) is 50.1 Å². The zero-order valence-corrected chi connectivity index (χ0v) is 22.6. The van der Waals surface area contributed by atoms with Gasteiger partial charge in [-0.1, -0.05) is 49.6 Å². The first-order chi connectivity index (χ1) is 18.8. The van der Waals surface area contributed by atoms with Gasteiger partial charge in [0.15, 0.2) is 17.5 Å². The number of aliphatic imine (C=N–C) groups is 1. The molecular weight excluding hydrogens is 503 g/mol. The number of guanidine groups is 1. The molecule has 2 fully saturated rings. The number of ketones is 2. The van der Waals surface area contributed by atoms with Crippen molar-refractivity contribution in [3.8, 4) is 0 Å². The number of ether oxygens (including phenoxy) is 1. The van der Waals surface area contributed by atoms with Crippen molar-refractivity contribution in [1.82, 2.24) is 4.90 Å². The average molecular weight is 545 g/mol. The highest BCUT2D eigenvalue weighted by Crippen LogP contribution is 2.43. The predicted octanol–water partition coefficient (Wildman–Crippen LogP) is 3.23. The first-order valence-corrected chi connectivity index (χ1v) is 13.9. The summed E-state index contributed by atoms with van der Waals surface area (Å²) in [4.78, 5) is 58.0. The summed E-state index contributed by atoms with van der Waals surface area (Å²) in [5.41, 5.74) is 10.6. The SMILES string of the molecule is NC(N)=NCCC[C@H](CC(=O)[C@@H]1CCCN1C(=O)C1(CC(=O)OCc2ccccc2)CCCCC1)C(=O)CF. The molecule has 2 aliphatic rings. The smallest absolute Gasteiger partial charge is 0.307 e. The van der Waals surface area contributed by atoms with Crippen LogP contribution in [0.25, 0.3) is 0 Å². The van der Waals surface area contributed by atoms with E-state index in [9.17, 15) is 23.6 Å². The third-order valence-electron chi connectivity index (χ3n) is 7.91. The molecule has 1 aromatic rings. The summed E-state index contributed by atoms with van der Waals surface area (Å²) in [6.07, 6.45) is 5.48. The highest BCUT2D eigenvalue weighted by Gasteiger charge is 2.47. The largest absolute Gasteiger partial charge is 0.461 e. The molecule has 1 saturated heterocycles. The van der Waals surface area contributed by atoms with E-state index in [4.69, 9.17) is 16.2 Å². The molecular formula is C29H41FN4O5. The summed E-state index contributed by atoms with van der Waals surface area (Å²) in [5.74, 6) is -2.34. The van der Waals surface area contributed by atoms with E-state index in [2.05, 4.69) is 4.99 Å². The van der Waals surface area contributed by atoms with Crippen LogP contribution in [-0.4, -0.2) is 60.1 Å². The number of likely N-dealkylation sites (tertiary alicyclic amines) is 1. The molecule has 10 heteroatoms. The van der Waals surface area contributed by atoms with Crippen molar-refractivity contribution < 1.29 is 28.3 Å². The van der Waals surface area contributed by atoms with Gasteiger partial charge in [-0.3, -0.25) is 24.2 Å². The number of carbonyl (C=O) groups excluding carboxylic acids is 4. The molecule has 4 N–H and O–H groups in total. The van der Waals surface area contributed by atoms with Crippen LogP contribution in [-0.2, 0) is 30.5 Å². The second kappa shape index (κ2) is 14.7. The number of amides is 1. The lowest BCUT2D eigenvalue weighted by molar-refractivity contribution is -0.158. The number of hydrogen-bond acceptors (Lipinski definition) is 6. The molecule has 1 amide bonds. The normalized spacial score (nSPS) is 19.2. The van der Waals surface area contributed by atoms with Gasteiger partial charge in [-0.25, -0.2) is 4.39 Å². The van der Waals surface area contributed by atoms with Gasteiger partial charge >= 0.3 is 5.97 Å². The van der Waals surface area contributed by atoms with Gasteiger partial charge in [0.2, 0.25) is 5.91 Å². The zero-order chi connectivity index (χ0) is 28.3. The topological polar surface area (TPSA) is 145 Å². The summed E-state index contributed by atoms with van der Waals surface area (Å²) in [7, 11) is 0. The number of esters is 1. The van der Waals surface area contributed by atoms with E-state index in [1.165, 1.54) is 0 Å². The van der Waals surface area contributed by atoms with Crippen LogP contribution in [0.2, 0.25) is 0 Å². The highest BCUT2D eigenvalue weighted by molar-refractivity contribution is 5.95. The van der Waals surface area contributed by atoms with Gasteiger partial charge in [0, 0.05) is 25.4 Å². The molecule has 3 rings (SSSR count). The summed E-state index contributed by atoms with van der Waals surface area (Å²) in [6.45, 7) is -0.310. The Hall–Kier alpha value is -3.30. The van der Waals surface area contributed by atoms with Gasteiger partial charge in [-0.15, -0.1) is 0 Å². The number of nitrogens with zero attached hydrogens (tertiary/aromatic N) is 2. The van der Waals surface area contributed by atoms with Gasteiger partial charge < -0.3 is 21.1 Å². The molecule has 39 heavy (non-hydrogen) atoms. The van der Waals surface area contributed by atoms with Crippen LogP contribution < -0.4 is 11.5 Å². The summed E-state index contributed by atoms with van der Waals surface area (Å²) >= 11 is 0. The van der Waals surface area contributed by atoms with Crippen molar-refractivity contribution in [2.24, 2.45) is 27.8 Å². The number of halogens is 1. The Balaban J connectivity index is 1.67. The number of carbonyl (C=O) groups is 4. The predicted molar refractivity (Wildman–Crippen MR) is 145 cm³/mol. The lowest BCUT2D eigenvalue weighted by atomic mass is 9.70. The monoisotopic (exact) mass is 544 g/mol. The number of alkyl halides is 1. The molecule has 1 aliphatic heterocycles. The van der Waals surface area contributed by atoms with Gasteiger partial charge in [0.25, 0.3) is 0 Å². The fourth-order valence-corrected chi connectivity index (χ4v) is 5.82. The lowest BCUT2D eigenvalue weighted by Gasteiger charge is -2.39. The standard InChI is InChI=1S/C29H41FN4O5/c30-19-25(36)22(11-7-15-33-28(31)32)17-24(35)23-12-8-16-34(23)27(38)29(13-5-2-6-14-29)18-26(37)39-20-21-9-3-1-4-10-21/h1,3-4,9-10,22-23H,2,5-8,11-20H2,(H4,31,32,33)/t22-,23+/m1/s1. The zero-order valence-electron chi connectivity index (χ0n) is 22.6. The molecule has 2 atom stereocenters. The van der Waals surface area contributed by atoms with Crippen molar-refractivity contribution in [3.63, 3.8) is 0 Å². The summed E-state index contributed by atoms with van der Waals surface area (Å²) in [6, 6.07) is 8.69. The Kier molecular flexibility index (Phi) is 11.4. The Bertz CT molecular complexity index is 1020. The molecule has 0 unspecified atom stereocenters. The summed E-state index contributed by atoms with van der Waals surface area (Å²) < 4.78 is 18.8. The van der Waals surface area contributed by atoms with Crippen LogP contribution >= 0.6 is 0 Å². The number of nitrogens with two attached hydrogens (primary N) is 2. The molecule has 0 radical (unpaired) electrons. The molecule has 0 aromatic heterocycles. The summed E-state index contributed by atoms with van der Waals surface area (Å²) in [5, 5.41) is 0. The number of hydrogen-bond donors (Lipinski definition) is 2. The molecule has 1 saturated carbocycles. The van der Waals surface area contributed by atoms with E-state index < -0.39 is 35.8 Å². The Morgan fingerprint density at radius 2 is 1.79 bits per heavy atom. The average Bonchev–Trinajstić information content (AvgIpc) is 3.43. The number of benzene rings is 1. The molecule has 1 heterocycles. The Morgan fingerprint density at radius 3 is 2.46 bits per heavy atom. The fourth-order valence-electron chi connectivity index (χ4n) is 5.82. The van der Waals surface area contributed by atoms with Crippen molar-refractivity contribution in [2.45, 2.75) is 83.3 Å². The van der Waals surface area contributed by atoms with Crippen LogP contribution in [0.5, 0.6) is 0 Å². The van der Waals surface area contributed by atoms with Gasteiger partial charge in [0.1, 0.15) is 13.3 Å². The molecule has 9 nitrogen and oxygen atoms in total. The molecule has 0 bridgehead atoms. The molecule has 1 aromatic carbocycles. The third kappa shape index (κ3) is 8.60. The number of Topliss-reactive ketones (excluding diaryl/α,β-unsaturated/α-hetero) is 2. The first kappa shape index (κ1) is 30.2. The lowest BCUT2D eigenvalue weighted by Crippen LogP contribution is -2.50. The maximum absolute atomic E-state index is 14.0. The van der Waals surface area contributed by atoms with Gasteiger partial charge in [-0.2, -0.15) is 0 Å².